The zero-order valence-corrected chi connectivity index (χ0v) is 16.2. The molecule has 0 saturated carbocycles. The van der Waals surface area contributed by atoms with Crippen LogP contribution in [0.5, 0.6) is 5.75 Å². The van der Waals surface area contributed by atoms with Gasteiger partial charge in [0.1, 0.15) is 5.75 Å². The van der Waals surface area contributed by atoms with E-state index >= 15 is 0 Å². The van der Waals surface area contributed by atoms with Crippen molar-refractivity contribution >= 4 is 28.8 Å². The Labute approximate surface area is 158 Å². The third kappa shape index (κ3) is 4.07. The van der Waals surface area contributed by atoms with E-state index in [2.05, 4.69) is 5.32 Å². The summed E-state index contributed by atoms with van der Waals surface area (Å²) in [7, 11) is 3.52. The van der Waals surface area contributed by atoms with Gasteiger partial charge in [-0.05, 0) is 62.1 Å². The lowest BCUT2D eigenvalue weighted by Gasteiger charge is -2.21. The summed E-state index contributed by atoms with van der Waals surface area (Å²) in [6, 6.07) is 9.38. The summed E-state index contributed by atoms with van der Waals surface area (Å²) >= 11 is 1.56. The first-order chi connectivity index (χ1) is 12.5. The molecule has 2 aromatic rings. The van der Waals surface area contributed by atoms with Crippen LogP contribution in [0, 0.1) is 5.92 Å². The van der Waals surface area contributed by atoms with E-state index in [-0.39, 0.29) is 17.7 Å². The number of aryl methyl sites for hydroxylation is 1. The lowest BCUT2D eigenvalue weighted by Crippen LogP contribution is -2.27. The Hall–Kier alpha value is -2.34. The van der Waals surface area contributed by atoms with E-state index < -0.39 is 0 Å². The number of anilines is 1. The van der Waals surface area contributed by atoms with E-state index in [9.17, 15) is 9.59 Å². The standard InChI is InChI=1S/C20H24N2O3S/c1-4-25-16-8-6-15(7-9-16)21-19(23)13-5-10-17-14(11-13)12-18(26-17)20(24)22(2)3/h6-9,12-13H,4-5,10-11H2,1-3H3,(H,21,23). The number of hydrogen-bond donors (Lipinski definition) is 1. The van der Waals surface area contributed by atoms with Crippen molar-refractivity contribution in [3.8, 4) is 5.75 Å². The number of rotatable bonds is 5. The van der Waals surface area contributed by atoms with Crippen molar-refractivity contribution < 1.29 is 14.3 Å². The maximum atomic E-state index is 12.6. The predicted molar refractivity (Wildman–Crippen MR) is 104 cm³/mol. The number of benzene rings is 1. The van der Waals surface area contributed by atoms with Crippen molar-refractivity contribution in [2.75, 3.05) is 26.0 Å². The molecular formula is C20H24N2O3S. The molecule has 1 aromatic heterocycles. The molecule has 1 aromatic carbocycles. The Morgan fingerprint density at radius 1 is 1.27 bits per heavy atom. The van der Waals surface area contributed by atoms with Gasteiger partial charge < -0.3 is 15.0 Å². The zero-order chi connectivity index (χ0) is 18.7. The van der Waals surface area contributed by atoms with Crippen molar-refractivity contribution in [3.05, 3.63) is 45.6 Å². The minimum atomic E-state index is -0.0639. The fraction of sp³-hybridized carbons (Fsp3) is 0.400. The van der Waals surface area contributed by atoms with Crippen LogP contribution in [0.4, 0.5) is 5.69 Å². The van der Waals surface area contributed by atoms with Gasteiger partial charge in [0.05, 0.1) is 11.5 Å². The van der Waals surface area contributed by atoms with Gasteiger partial charge in [-0.1, -0.05) is 0 Å². The van der Waals surface area contributed by atoms with Gasteiger partial charge in [0.15, 0.2) is 0 Å². The summed E-state index contributed by atoms with van der Waals surface area (Å²) in [5.74, 6) is 0.793. The summed E-state index contributed by atoms with van der Waals surface area (Å²) in [6.07, 6.45) is 2.35. The first-order valence-electron chi connectivity index (χ1n) is 8.85. The molecule has 1 atom stereocenters. The molecule has 3 rings (SSSR count). The minimum Gasteiger partial charge on any atom is -0.494 e. The van der Waals surface area contributed by atoms with Gasteiger partial charge in [0, 0.05) is 30.6 Å². The Morgan fingerprint density at radius 2 is 2.00 bits per heavy atom. The average molecular weight is 372 g/mol. The van der Waals surface area contributed by atoms with E-state index in [0.29, 0.717) is 13.0 Å². The molecule has 1 aliphatic rings. The van der Waals surface area contributed by atoms with E-state index in [0.717, 1.165) is 34.7 Å². The SMILES string of the molecule is CCOc1ccc(NC(=O)C2CCc3sc(C(=O)N(C)C)cc3C2)cc1. The van der Waals surface area contributed by atoms with Gasteiger partial charge in [0.2, 0.25) is 5.91 Å². The van der Waals surface area contributed by atoms with Crippen molar-refractivity contribution in [1.82, 2.24) is 4.90 Å². The van der Waals surface area contributed by atoms with Crippen molar-refractivity contribution in [2.45, 2.75) is 26.2 Å². The summed E-state index contributed by atoms with van der Waals surface area (Å²) in [5, 5.41) is 2.99. The second-order valence-electron chi connectivity index (χ2n) is 6.65. The third-order valence-corrected chi connectivity index (χ3v) is 5.73. The van der Waals surface area contributed by atoms with Gasteiger partial charge in [-0.2, -0.15) is 0 Å². The second-order valence-corrected chi connectivity index (χ2v) is 7.78. The Bertz CT molecular complexity index is 796. The molecule has 1 aliphatic carbocycles. The number of amides is 2. The molecule has 0 spiro atoms. The topological polar surface area (TPSA) is 58.6 Å². The molecule has 2 amide bonds. The summed E-state index contributed by atoms with van der Waals surface area (Å²) in [6.45, 7) is 2.56. The number of nitrogens with zero attached hydrogens (tertiary/aromatic N) is 1. The molecule has 138 valence electrons. The van der Waals surface area contributed by atoms with Gasteiger partial charge >= 0.3 is 0 Å². The molecule has 5 nitrogen and oxygen atoms in total. The third-order valence-electron chi connectivity index (χ3n) is 4.50. The highest BCUT2D eigenvalue weighted by atomic mass is 32.1. The van der Waals surface area contributed by atoms with Crippen LogP contribution in [-0.2, 0) is 17.6 Å². The van der Waals surface area contributed by atoms with Crippen LogP contribution < -0.4 is 10.1 Å². The monoisotopic (exact) mass is 372 g/mol. The molecule has 1 heterocycles. The van der Waals surface area contributed by atoms with Crippen molar-refractivity contribution in [3.63, 3.8) is 0 Å². The highest BCUT2D eigenvalue weighted by Gasteiger charge is 2.27. The molecule has 0 radical (unpaired) electrons. The first kappa shape index (κ1) is 18.5. The van der Waals surface area contributed by atoms with Crippen molar-refractivity contribution in [1.29, 1.82) is 0 Å². The largest absolute Gasteiger partial charge is 0.494 e. The average Bonchev–Trinajstić information content (AvgIpc) is 3.05. The Kier molecular flexibility index (Phi) is 5.61. The zero-order valence-electron chi connectivity index (χ0n) is 15.4. The number of hydrogen-bond acceptors (Lipinski definition) is 4. The highest BCUT2D eigenvalue weighted by molar-refractivity contribution is 7.14. The van der Waals surface area contributed by atoms with Crippen LogP contribution >= 0.6 is 11.3 Å². The van der Waals surface area contributed by atoms with Crippen LogP contribution in [0.15, 0.2) is 30.3 Å². The quantitative estimate of drug-likeness (QED) is 0.872. The maximum Gasteiger partial charge on any atom is 0.263 e. The number of ether oxygens (including phenoxy) is 1. The van der Waals surface area contributed by atoms with Crippen LogP contribution in [0.2, 0.25) is 0 Å². The van der Waals surface area contributed by atoms with E-state index in [1.165, 1.54) is 4.88 Å². The number of carbonyl (C=O) groups excluding carboxylic acids is 2. The second kappa shape index (κ2) is 7.91. The predicted octanol–water partition coefficient (Wildman–Crippen LogP) is 3.59. The van der Waals surface area contributed by atoms with Crippen molar-refractivity contribution in [2.24, 2.45) is 5.92 Å². The fourth-order valence-electron chi connectivity index (χ4n) is 3.12. The lowest BCUT2D eigenvalue weighted by molar-refractivity contribution is -0.120. The maximum absolute atomic E-state index is 12.6. The minimum absolute atomic E-state index is 0.0276. The summed E-state index contributed by atoms with van der Waals surface area (Å²) < 4.78 is 5.42. The number of fused-ring (bicyclic) bond motifs is 1. The Morgan fingerprint density at radius 3 is 2.65 bits per heavy atom. The van der Waals surface area contributed by atoms with Crippen LogP contribution in [0.25, 0.3) is 0 Å². The van der Waals surface area contributed by atoms with Gasteiger partial charge in [0.25, 0.3) is 5.91 Å². The first-order valence-corrected chi connectivity index (χ1v) is 9.66. The highest BCUT2D eigenvalue weighted by Crippen LogP contribution is 2.33. The number of nitrogens with one attached hydrogen (secondary N) is 1. The lowest BCUT2D eigenvalue weighted by atomic mass is 9.87. The molecule has 0 aliphatic heterocycles. The summed E-state index contributed by atoms with van der Waals surface area (Å²) in [4.78, 5) is 28.3. The van der Waals surface area contributed by atoms with Gasteiger partial charge in [-0.25, -0.2) is 0 Å². The molecule has 1 N–H and O–H groups in total. The molecule has 26 heavy (non-hydrogen) atoms. The van der Waals surface area contributed by atoms with Crippen LogP contribution in [0.1, 0.15) is 33.5 Å². The number of carbonyl (C=O) groups is 2. The van der Waals surface area contributed by atoms with E-state index in [1.54, 1.807) is 30.3 Å². The normalized spacial score (nSPS) is 15.9. The summed E-state index contributed by atoms with van der Waals surface area (Å²) in [5.41, 5.74) is 1.91. The smallest absolute Gasteiger partial charge is 0.263 e. The molecule has 0 fully saturated rings. The van der Waals surface area contributed by atoms with Gasteiger partial charge in [-0.3, -0.25) is 9.59 Å². The molecule has 0 saturated heterocycles. The Balaban J connectivity index is 1.64. The molecule has 6 heteroatoms. The van der Waals surface area contributed by atoms with Crippen LogP contribution in [0.3, 0.4) is 0 Å². The van der Waals surface area contributed by atoms with E-state index in [4.69, 9.17) is 4.74 Å². The van der Waals surface area contributed by atoms with E-state index in [1.807, 2.05) is 37.3 Å². The van der Waals surface area contributed by atoms with Gasteiger partial charge in [-0.15, -0.1) is 11.3 Å². The number of thiophene rings is 1. The van der Waals surface area contributed by atoms with Crippen LogP contribution in [-0.4, -0.2) is 37.4 Å². The molecular weight excluding hydrogens is 348 g/mol. The molecule has 0 bridgehead atoms. The molecule has 1 unspecified atom stereocenters. The fourth-order valence-corrected chi connectivity index (χ4v) is 4.35.